The first kappa shape index (κ1) is 11.3. The highest BCUT2D eigenvalue weighted by atomic mass is 35.5. The first-order valence-electron chi connectivity index (χ1n) is 4.88. The Labute approximate surface area is 102 Å². The second kappa shape index (κ2) is 4.76. The van der Waals surface area contributed by atoms with Gasteiger partial charge in [-0.05, 0) is 6.42 Å². The second-order valence-electron chi connectivity index (χ2n) is 3.26. The summed E-state index contributed by atoms with van der Waals surface area (Å²) < 4.78 is 1.64. The minimum atomic E-state index is -0.113. The van der Waals surface area contributed by atoms with Gasteiger partial charge in [-0.3, -0.25) is 14.5 Å². The number of nitrogens with zero attached hydrogens (tertiary/aromatic N) is 3. The third kappa shape index (κ3) is 2.01. The Hall–Kier alpha value is -1.20. The van der Waals surface area contributed by atoms with Gasteiger partial charge in [0.25, 0.3) is 0 Å². The van der Waals surface area contributed by atoms with Crippen LogP contribution in [0.5, 0.6) is 0 Å². The van der Waals surface area contributed by atoms with Gasteiger partial charge in [-0.1, -0.05) is 18.5 Å². The van der Waals surface area contributed by atoms with Crippen LogP contribution in [0.3, 0.4) is 0 Å². The van der Waals surface area contributed by atoms with Gasteiger partial charge in [0.1, 0.15) is 5.69 Å². The maximum Gasteiger partial charge on any atom is 0.224 e. The van der Waals surface area contributed by atoms with Gasteiger partial charge >= 0.3 is 0 Å². The Morgan fingerprint density at radius 3 is 3.00 bits per heavy atom. The maximum atomic E-state index is 12.1. The van der Waals surface area contributed by atoms with Crippen molar-refractivity contribution in [3.8, 4) is 0 Å². The molecule has 0 spiro atoms. The predicted octanol–water partition coefficient (Wildman–Crippen LogP) is 2.63. The minimum absolute atomic E-state index is 0.113. The highest BCUT2D eigenvalue weighted by Gasteiger charge is 2.19. The lowest BCUT2D eigenvalue weighted by Gasteiger charge is -2.03. The van der Waals surface area contributed by atoms with Crippen LogP contribution in [0.4, 0.5) is 0 Å². The summed E-state index contributed by atoms with van der Waals surface area (Å²) in [5, 5.41) is 4.48. The summed E-state index contributed by atoms with van der Waals surface area (Å²) in [6.45, 7) is 2.71. The lowest BCUT2D eigenvalue weighted by atomic mass is 10.2. The minimum Gasteiger partial charge on any atom is -0.286 e. The number of hydrogen-bond acceptors (Lipinski definition) is 4. The third-order valence-corrected chi connectivity index (χ3v) is 3.15. The Morgan fingerprint density at radius 2 is 2.38 bits per heavy atom. The second-order valence-corrected chi connectivity index (χ2v) is 4.55. The summed E-state index contributed by atoms with van der Waals surface area (Å²) in [5.74, 6) is -0.113. The van der Waals surface area contributed by atoms with Crippen LogP contribution >= 0.6 is 22.9 Å². The molecule has 0 saturated heterocycles. The van der Waals surface area contributed by atoms with Crippen molar-refractivity contribution in [2.24, 2.45) is 0 Å². The van der Waals surface area contributed by atoms with Crippen LogP contribution in [0.2, 0.25) is 5.02 Å². The van der Waals surface area contributed by atoms with Gasteiger partial charge < -0.3 is 0 Å². The number of hydrogen-bond donors (Lipinski definition) is 0. The van der Waals surface area contributed by atoms with E-state index in [1.165, 1.54) is 17.5 Å². The molecule has 4 nitrogen and oxygen atoms in total. The van der Waals surface area contributed by atoms with Crippen molar-refractivity contribution >= 4 is 28.7 Å². The molecule has 0 radical (unpaired) electrons. The summed E-state index contributed by atoms with van der Waals surface area (Å²) in [6, 6.07) is 0. The fraction of sp³-hybridized carbons (Fsp3) is 0.300. The van der Waals surface area contributed by atoms with E-state index in [-0.39, 0.29) is 5.78 Å². The van der Waals surface area contributed by atoms with Crippen LogP contribution in [0.25, 0.3) is 0 Å². The fourth-order valence-corrected chi connectivity index (χ4v) is 2.20. The first-order chi connectivity index (χ1) is 7.74. The molecule has 0 amide bonds. The van der Waals surface area contributed by atoms with Crippen molar-refractivity contribution in [3.05, 3.63) is 33.5 Å². The normalized spacial score (nSPS) is 10.6. The Balaban J connectivity index is 2.39. The smallest absolute Gasteiger partial charge is 0.224 e. The number of aromatic nitrogens is 3. The van der Waals surface area contributed by atoms with Crippen LogP contribution < -0.4 is 0 Å². The van der Waals surface area contributed by atoms with Crippen LogP contribution in [-0.4, -0.2) is 20.5 Å². The largest absolute Gasteiger partial charge is 0.286 e. The van der Waals surface area contributed by atoms with E-state index >= 15 is 0 Å². The molecule has 0 N–H and O–H groups in total. The molecule has 6 heteroatoms. The average Bonchev–Trinajstić information content (AvgIpc) is 2.88. The molecule has 2 heterocycles. The van der Waals surface area contributed by atoms with Crippen molar-refractivity contribution in [1.29, 1.82) is 0 Å². The van der Waals surface area contributed by atoms with Gasteiger partial charge in [0.2, 0.25) is 5.78 Å². The number of carbonyl (C=O) groups excluding carboxylic acids is 1. The van der Waals surface area contributed by atoms with Crippen LogP contribution in [-0.2, 0) is 6.54 Å². The zero-order valence-electron chi connectivity index (χ0n) is 8.68. The first-order valence-corrected chi connectivity index (χ1v) is 6.14. The van der Waals surface area contributed by atoms with Crippen molar-refractivity contribution < 1.29 is 4.79 Å². The van der Waals surface area contributed by atoms with E-state index in [2.05, 4.69) is 10.1 Å². The van der Waals surface area contributed by atoms with Gasteiger partial charge in [-0.2, -0.15) is 5.10 Å². The topological polar surface area (TPSA) is 47.8 Å². The Morgan fingerprint density at radius 1 is 1.56 bits per heavy atom. The molecule has 16 heavy (non-hydrogen) atoms. The van der Waals surface area contributed by atoms with Crippen LogP contribution in [0, 0.1) is 0 Å². The van der Waals surface area contributed by atoms with Gasteiger partial charge in [-0.25, -0.2) is 0 Å². The molecule has 2 aromatic heterocycles. The molecule has 84 valence electrons. The van der Waals surface area contributed by atoms with E-state index in [0.29, 0.717) is 22.1 Å². The number of aryl methyl sites for hydroxylation is 1. The number of carbonyl (C=O) groups is 1. The lowest BCUT2D eigenvalue weighted by molar-refractivity contribution is 0.103. The molecular weight excluding hydrogens is 246 g/mol. The Bertz CT molecular complexity index is 492. The molecular formula is C10H10ClN3OS. The fourth-order valence-electron chi connectivity index (χ4n) is 1.41. The van der Waals surface area contributed by atoms with E-state index in [0.717, 1.165) is 6.42 Å². The molecule has 0 atom stereocenters. The quantitative estimate of drug-likeness (QED) is 0.789. The summed E-state index contributed by atoms with van der Waals surface area (Å²) in [4.78, 5) is 16.6. The molecule has 0 fully saturated rings. The molecule has 0 aromatic carbocycles. The van der Waals surface area contributed by atoms with Crippen molar-refractivity contribution in [1.82, 2.24) is 14.8 Å². The van der Waals surface area contributed by atoms with E-state index < -0.39 is 0 Å². The Kier molecular flexibility index (Phi) is 3.36. The van der Waals surface area contributed by atoms with E-state index in [9.17, 15) is 4.79 Å². The summed E-state index contributed by atoms with van der Waals surface area (Å²) in [5.41, 5.74) is 2.08. The van der Waals surface area contributed by atoms with Crippen molar-refractivity contribution in [3.63, 3.8) is 0 Å². The molecule has 0 saturated carbocycles. The lowest BCUT2D eigenvalue weighted by Crippen LogP contribution is -2.11. The highest BCUT2D eigenvalue weighted by molar-refractivity contribution is 7.11. The molecule has 0 bridgehead atoms. The zero-order valence-corrected chi connectivity index (χ0v) is 10.3. The molecule has 0 unspecified atom stereocenters. The van der Waals surface area contributed by atoms with Gasteiger partial charge in [-0.15, -0.1) is 11.3 Å². The summed E-state index contributed by atoms with van der Waals surface area (Å²) in [7, 11) is 0. The van der Waals surface area contributed by atoms with Crippen molar-refractivity contribution in [2.45, 2.75) is 19.9 Å². The standard InChI is InChI=1S/C10H10ClN3OS/c1-2-3-14-9(7(11)4-13-14)10(15)8-5-12-6-16-8/h4-6H,2-3H2,1H3. The van der Waals surface area contributed by atoms with E-state index in [4.69, 9.17) is 11.6 Å². The van der Waals surface area contributed by atoms with Crippen LogP contribution in [0.1, 0.15) is 28.7 Å². The van der Waals surface area contributed by atoms with Gasteiger partial charge in [0.15, 0.2) is 0 Å². The number of thiazole rings is 1. The average molecular weight is 256 g/mol. The van der Waals surface area contributed by atoms with Crippen molar-refractivity contribution in [2.75, 3.05) is 0 Å². The predicted molar refractivity (Wildman–Crippen MR) is 63.1 cm³/mol. The van der Waals surface area contributed by atoms with Gasteiger partial charge in [0.05, 0.1) is 21.6 Å². The molecule has 0 aliphatic carbocycles. The maximum absolute atomic E-state index is 12.1. The number of halogens is 1. The number of rotatable bonds is 4. The van der Waals surface area contributed by atoms with E-state index in [1.807, 2.05) is 6.92 Å². The van der Waals surface area contributed by atoms with Gasteiger partial charge in [0, 0.05) is 12.7 Å². The SMILES string of the molecule is CCCn1ncc(Cl)c1C(=O)c1cncs1. The molecule has 0 aliphatic rings. The third-order valence-electron chi connectivity index (χ3n) is 2.10. The molecule has 2 aromatic rings. The molecule has 2 rings (SSSR count). The van der Waals surface area contributed by atoms with E-state index in [1.54, 1.807) is 16.4 Å². The molecule has 0 aliphatic heterocycles. The number of ketones is 1. The zero-order chi connectivity index (χ0) is 11.5. The van der Waals surface area contributed by atoms with Crippen LogP contribution in [0.15, 0.2) is 17.9 Å². The summed E-state index contributed by atoms with van der Waals surface area (Å²) in [6.07, 6.45) is 3.96. The summed E-state index contributed by atoms with van der Waals surface area (Å²) >= 11 is 7.28. The highest BCUT2D eigenvalue weighted by Crippen LogP contribution is 2.21. The monoisotopic (exact) mass is 255 g/mol.